The van der Waals surface area contributed by atoms with Crippen LogP contribution in [0.25, 0.3) is 0 Å². The van der Waals surface area contributed by atoms with Gasteiger partial charge in [0.05, 0.1) is 24.2 Å². The van der Waals surface area contributed by atoms with Crippen molar-refractivity contribution in [3.05, 3.63) is 22.7 Å². The average molecular weight is 440 g/mol. The molecule has 4 rings (SSSR count). The normalized spacial score (nSPS) is 25.8. The summed E-state index contributed by atoms with van der Waals surface area (Å²) >= 11 is 12.0. The highest BCUT2D eigenvalue weighted by atomic mass is 35.5. The molecule has 1 aromatic carbocycles. The van der Waals surface area contributed by atoms with Crippen molar-refractivity contribution in [2.75, 3.05) is 20.3 Å². The number of hydrogen-bond donors (Lipinski definition) is 1. The van der Waals surface area contributed by atoms with Crippen molar-refractivity contribution in [2.45, 2.75) is 57.5 Å². The van der Waals surface area contributed by atoms with Gasteiger partial charge in [0.15, 0.2) is 5.11 Å². The second-order valence-electron chi connectivity index (χ2n) is 8.60. The van der Waals surface area contributed by atoms with E-state index in [2.05, 4.69) is 10.2 Å². The summed E-state index contributed by atoms with van der Waals surface area (Å²) in [5, 5.41) is 4.50. The van der Waals surface area contributed by atoms with Gasteiger partial charge in [-0.15, -0.1) is 0 Å². The predicted molar refractivity (Wildman–Crippen MR) is 114 cm³/mol. The lowest BCUT2D eigenvalue weighted by molar-refractivity contribution is 0.0203. The van der Waals surface area contributed by atoms with Gasteiger partial charge in [-0.2, -0.15) is 0 Å². The Morgan fingerprint density at radius 3 is 2.83 bits per heavy atom. The van der Waals surface area contributed by atoms with Crippen molar-refractivity contribution in [1.82, 2.24) is 15.1 Å². The van der Waals surface area contributed by atoms with E-state index in [9.17, 15) is 4.79 Å². The van der Waals surface area contributed by atoms with Crippen LogP contribution in [-0.4, -0.2) is 65.1 Å². The van der Waals surface area contributed by atoms with Gasteiger partial charge in [0.2, 0.25) is 0 Å². The summed E-state index contributed by atoms with van der Waals surface area (Å²) in [5.74, 6) is 1.41. The molecular formula is C20H26ClN3O4S. The van der Waals surface area contributed by atoms with E-state index in [-0.39, 0.29) is 24.3 Å². The number of nitrogens with zero attached hydrogens (tertiary/aromatic N) is 2. The molecule has 0 spiro atoms. The zero-order chi connectivity index (χ0) is 20.9. The predicted octanol–water partition coefficient (Wildman–Crippen LogP) is 3.18. The Labute approximate surface area is 181 Å². The third kappa shape index (κ3) is 3.80. The summed E-state index contributed by atoms with van der Waals surface area (Å²) in [6.07, 6.45) is 1.06. The summed E-state index contributed by atoms with van der Waals surface area (Å²) in [6, 6.07) is 3.86. The first kappa shape index (κ1) is 20.3. The van der Waals surface area contributed by atoms with Gasteiger partial charge in [-0.1, -0.05) is 11.6 Å². The molecular weight excluding hydrogens is 414 g/mol. The van der Waals surface area contributed by atoms with E-state index in [1.807, 2.05) is 26.8 Å². The molecule has 3 aliphatic heterocycles. The summed E-state index contributed by atoms with van der Waals surface area (Å²) < 4.78 is 16.9. The summed E-state index contributed by atoms with van der Waals surface area (Å²) in [7, 11) is 1.62. The molecule has 1 aromatic rings. The lowest BCUT2D eigenvalue weighted by atomic mass is 10.00. The monoisotopic (exact) mass is 439 g/mol. The van der Waals surface area contributed by atoms with Gasteiger partial charge in [0.1, 0.15) is 29.9 Å². The van der Waals surface area contributed by atoms with Crippen LogP contribution in [-0.2, 0) is 11.2 Å². The second kappa shape index (κ2) is 7.40. The fraction of sp³-hybridized carbons (Fsp3) is 0.600. The van der Waals surface area contributed by atoms with Crippen molar-refractivity contribution < 1.29 is 19.0 Å². The van der Waals surface area contributed by atoms with E-state index in [0.29, 0.717) is 34.8 Å². The number of ether oxygens (including phenoxy) is 3. The quantitative estimate of drug-likeness (QED) is 0.710. The number of amides is 1. The number of carbonyl (C=O) groups is 1. The van der Waals surface area contributed by atoms with Crippen LogP contribution >= 0.6 is 23.8 Å². The molecule has 2 saturated heterocycles. The van der Waals surface area contributed by atoms with Gasteiger partial charge in [-0.3, -0.25) is 4.90 Å². The number of benzene rings is 1. The Morgan fingerprint density at radius 2 is 2.14 bits per heavy atom. The van der Waals surface area contributed by atoms with Gasteiger partial charge in [0, 0.05) is 18.2 Å². The maximum Gasteiger partial charge on any atom is 0.412 e. The van der Waals surface area contributed by atoms with Gasteiger partial charge in [-0.05, 0) is 51.9 Å². The Morgan fingerprint density at radius 1 is 1.38 bits per heavy atom. The van der Waals surface area contributed by atoms with Crippen molar-refractivity contribution in [3.63, 3.8) is 0 Å². The molecule has 0 saturated carbocycles. The molecule has 158 valence electrons. The van der Waals surface area contributed by atoms with Crippen LogP contribution in [0.5, 0.6) is 11.5 Å². The number of methoxy groups -OCH3 is 1. The minimum Gasteiger partial charge on any atom is -0.497 e. The van der Waals surface area contributed by atoms with Gasteiger partial charge in [0.25, 0.3) is 0 Å². The summed E-state index contributed by atoms with van der Waals surface area (Å²) in [6.45, 7) is 6.71. The van der Waals surface area contributed by atoms with E-state index in [1.165, 1.54) is 0 Å². The van der Waals surface area contributed by atoms with E-state index in [4.69, 9.17) is 38.0 Å². The van der Waals surface area contributed by atoms with Gasteiger partial charge < -0.3 is 24.4 Å². The molecule has 9 heteroatoms. The Hall–Kier alpha value is -1.93. The van der Waals surface area contributed by atoms with Crippen LogP contribution in [0.1, 0.15) is 32.8 Å². The van der Waals surface area contributed by atoms with Crippen molar-refractivity contribution in [1.29, 1.82) is 0 Å². The smallest absolute Gasteiger partial charge is 0.412 e. The zero-order valence-electron chi connectivity index (χ0n) is 17.0. The van der Waals surface area contributed by atoms with Gasteiger partial charge in [-0.25, -0.2) is 4.79 Å². The maximum atomic E-state index is 12.6. The Kier molecular flexibility index (Phi) is 5.19. The molecule has 0 aromatic heterocycles. The number of fused-ring (bicyclic) bond motifs is 2. The van der Waals surface area contributed by atoms with E-state index in [0.717, 1.165) is 18.4 Å². The SMILES string of the molecule is COc1cc(Cl)c2c(c1)C[C@@H](N1C(=S)NC3C1CCN3C(=O)OC(C)(C)C)CO2. The standard InChI is InChI=1S/C20H26ClN3O4S/c1-20(2,3)28-19(25)23-6-5-15-17(23)22-18(29)24(15)12-7-11-8-13(26-4)9-14(21)16(11)27-10-12/h8-9,12,15,17H,5-7,10H2,1-4H3,(H,22,29)/t12-,15?,17?/m1/s1. The number of thiocarbonyl (C=S) groups is 1. The van der Waals surface area contributed by atoms with Crippen molar-refractivity contribution >= 4 is 35.0 Å². The first-order chi connectivity index (χ1) is 13.7. The van der Waals surface area contributed by atoms with Crippen LogP contribution in [0.3, 0.4) is 0 Å². The molecule has 0 aliphatic carbocycles. The topological polar surface area (TPSA) is 63.3 Å². The minimum absolute atomic E-state index is 0.0549. The first-order valence-corrected chi connectivity index (χ1v) is 10.5. The third-order valence-corrected chi connectivity index (χ3v) is 6.07. The number of likely N-dealkylation sites (tertiary alicyclic amines) is 1. The van der Waals surface area contributed by atoms with E-state index >= 15 is 0 Å². The number of carbonyl (C=O) groups excluding carboxylic acids is 1. The lowest BCUT2D eigenvalue weighted by Crippen LogP contribution is -2.49. The molecule has 0 bridgehead atoms. The number of nitrogens with one attached hydrogen (secondary N) is 1. The fourth-order valence-electron chi connectivity index (χ4n) is 4.28. The minimum atomic E-state index is -0.535. The van der Waals surface area contributed by atoms with Crippen LogP contribution in [0.15, 0.2) is 12.1 Å². The van der Waals surface area contributed by atoms with Crippen LogP contribution in [0, 0.1) is 0 Å². The van der Waals surface area contributed by atoms with Crippen molar-refractivity contribution in [3.8, 4) is 11.5 Å². The molecule has 3 heterocycles. The summed E-state index contributed by atoms with van der Waals surface area (Å²) in [4.78, 5) is 16.5. The number of rotatable bonds is 2. The molecule has 1 N–H and O–H groups in total. The third-order valence-electron chi connectivity index (χ3n) is 5.46. The zero-order valence-corrected chi connectivity index (χ0v) is 18.6. The van der Waals surface area contributed by atoms with E-state index < -0.39 is 5.60 Å². The molecule has 1 amide bonds. The Balaban J connectivity index is 1.52. The molecule has 3 aliphatic rings. The highest BCUT2D eigenvalue weighted by molar-refractivity contribution is 7.80. The fourth-order valence-corrected chi connectivity index (χ4v) is 4.97. The lowest BCUT2D eigenvalue weighted by Gasteiger charge is -2.36. The molecule has 3 atom stereocenters. The second-order valence-corrected chi connectivity index (χ2v) is 9.39. The maximum absolute atomic E-state index is 12.6. The Bertz CT molecular complexity index is 844. The molecule has 2 unspecified atom stereocenters. The number of hydrogen-bond acceptors (Lipinski definition) is 5. The van der Waals surface area contributed by atoms with E-state index in [1.54, 1.807) is 18.1 Å². The molecule has 7 nitrogen and oxygen atoms in total. The first-order valence-electron chi connectivity index (χ1n) is 9.75. The van der Waals surface area contributed by atoms with Crippen LogP contribution in [0.4, 0.5) is 4.79 Å². The number of halogens is 1. The largest absolute Gasteiger partial charge is 0.497 e. The highest BCUT2D eigenvalue weighted by Crippen LogP contribution is 2.39. The summed E-state index contributed by atoms with van der Waals surface area (Å²) in [5.41, 5.74) is 0.464. The van der Waals surface area contributed by atoms with Crippen LogP contribution < -0.4 is 14.8 Å². The molecule has 2 fully saturated rings. The molecule has 0 radical (unpaired) electrons. The highest BCUT2D eigenvalue weighted by Gasteiger charge is 2.50. The van der Waals surface area contributed by atoms with Gasteiger partial charge >= 0.3 is 6.09 Å². The average Bonchev–Trinajstić information content (AvgIpc) is 3.17. The van der Waals surface area contributed by atoms with Crippen LogP contribution in [0.2, 0.25) is 5.02 Å². The van der Waals surface area contributed by atoms with Crippen molar-refractivity contribution in [2.24, 2.45) is 0 Å². The molecule has 29 heavy (non-hydrogen) atoms.